The summed E-state index contributed by atoms with van der Waals surface area (Å²) in [6.45, 7) is 1.18. The van der Waals surface area contributed by atoms with Crippen LogP contribution >= 0.6 is 0 Å². The molecule has 1 saturated heterocycles. The highest BCUT2D eigenvalue weighted by molar-refractivity contribution is 5.92. The lowest BCUT2D eigenvalue weighted by Crippen LogP contribution is -2.56. The third-order valence-corrected chi connectivity index (χ3v) is 2.96. The van der Waals surface area contributed by atoms with Crippen LogP contribution in [0.3, 0.4) is 0 Å². The van der Waals surface area contributed by atoms with Crippen molar-refractivity contribution in [2.45, 2.75) is 6.10 Å². The van der Waals surface area contributed by atoms with Crippen molar-refractivity contribution in [2.75, 3.05) is 13.1 Å². The third kappa shape index (κ3) is 2.54. The second kappa shape index (κ2) is 5.06. The van der Waals surface area contributed by atoms with Crippen molar-refractivity contribution in [3.63, 3.8) is 0 Å². The summed E-state index contributed by atoms with van der Waals surface area (Å²) in [5.74, 6) is 0.684. The monoisotopic (exact) mass is 255 g/mol. The second-order valence-electron chi connectivity index (χ2n) is 4.35. The van der Waals surface area contributed by atoms with Crippen molar-refractivity contribution >= 4 is 5.91 Å². The molecule has 5 heteroatoms. The molecule has 1 aliphatic rings. The molecule has 5 nitrogen and oxygen atoms in total. The lowest BCUT2D eigenvalue weighted by Gasteiger charge is -2.38. The predicted molar refractivity (Wildman–Crippen MR) is 68.8 cm³/mol. The molecule has 2 aromatic heterocycles. The number of ether oxygens (including phenoxy) is 1. The van der Waals surface area contributed by atoms with Gasteiger partial charge >= 0.3 is 0 Å². The van der Waals surface area contributed by atoms with Gasteiger partial charge in [-0.15, -0.1) is 0 Å². The quantitative estimate of drug-likeness (QED) is 0.831. The summed E-state index contributed by atoms with van der Waals surface area (Å²) in [6, 6.07) is 9.00. The number of carbonyl (C=O) groups is 1. The van der Waals surface area contributed by atoms with Gasteiger partial charge in [0.05, 0.1) is 19.3 Å². The van der Waals surface area contributed by atoms with Crippen molar-refractivity contribution in [1.29, 1.82) is 0 Å². The number of pyridine rings is 2. The Bertz CT molecular complexity index is 553. The van der Waals surface area contributed by atoms with Crippen LogP contribution in [0.5, 0.6) is 5.75 Å². The molecule has 3 heterocycles. The first-order valence-electron chi connectivity index (χ1n) is 6.10. The van der Waals surface area contributed by atoms with Crippen LogP contribution in [0.25, 0.3) is 0 Å². The number of likely N-dealkylation sites (tertiary alicyclic amines) is 1. The zero-order valence-electron chi connectivity index (χ0n) is 10.3. The maximum absolute atomic E-state index is 12.0. The molecule has 19 heavy (non-hydrogen) atoms. The van der Waals surface area contributed by atoms with E-state index in [1.165, 1.54) is 0 Å². The van der Waals surface area contributed by atoms with Crippen LogP contribution in [0.2, 0.25) is 0 Å². The van der Waals surface area contributed by atoms with Gasteiger partial charge in [-0.05, 0) is 24.3 Å². The Balaban J connectivity index is 1.54. The van der Waals surface area contributed by atoms with Gasteiger partial charge in [0.25, 0.3) is 5.91 Å². The van der Waals surface area contributed by atoms with E-state index >= 15 is 0 Å². The van der Waals surface area contributed by atoms with E-state index in [0.29, 0.717) is 18.8 Å². The van der Waals surface area contributed by atoms with Crippen LogP contribution in [-0.2, 0) is 0 Å². The van der Waals surface area contributed by atoms with Gasteiger partial charge in [-0.2, -0.15) is 0 Å². The van der Waals surface area contributed by atoms with E-state index in [9.17, 15) is 4.79 Å². The maximum atomic E-state index is 12.0. The zero-order chi connectivity index (χ0) is 13.1. The Morgan fingerprint density at radius 1 is 1.21 bits per heavy atom. The van der Waals surface area contributed by atoms with E-state index in [4.69, 9.17) is 4.74 Å². The van der Waals surface area contributed by atoms with Crippen LogP contribution < -0.4 is 4.74 Å². The minimum atomic E-state index is -0.0494. The highest BCUT2D eigenvalue weighted by Gasteiger charge is 2.33. The van der Waals surface area contributed by atoms with Crippen molar-refractivity contribution < 1.29 is 9.53 Å². The highest BCUT2D eigenvalue weighted by Crippen LogP contribution is 2.18. The number of hydrogen-bond acceptors (Lipinski definition) is 4. The van der Waals surface area contributed by atoms with Gasteiger partial charge in [0.1, 0.15) is 17.5 Å². The largest absolute Gasteiger partial charge is 0.485 e. The lowest BCUT2D eigenvalue weighted by atomic mass is 10.1. The highest BCUT2D eigenvalue weighted by atomic mass is 16.5. The molecule has 0 bridgehead atoms. The standard InChI is InChI=1S/C14H13N3O2/c18-14(13-5-1-2-7-16-13)17-9-12(10-17)19-11-4-3-6-15-8-11/h1-8,12H,9-10H2. The van der Waals surface area contributed by atoms with E-state index < -0.39 is 0 Å². The smallest absolute Gasteiger partial charge is 0.272 e. The fourth-order valence-electron chi connectivity index (χ4n) is 1.94. The summed E-state index contributed by atoms with van der Waals surface area (Å²) < 4.78 is 5.69. The van der Waals surface area contributed by atoms with Crippen LogP contribution in [0, 0.1) is 0 Å². The third-order valence-electron chi connectivity index (χ3n) is 2.96. The first-order valence-corrected chi connectivity index (χ1v) is 6.10. The van der Waals surface area contributed by atoms with Crippen LogP contribution in [-0.4, -0.2) is 40.0 Å². The average molecular weight is 255 g/mol. The topological polar surface area (TPSA) is 55.3 Å². The van der Waals surface area contributed by atoms with Gasteiger partial charge in [0, 0.05) is 12.4 Å². The molecule has 0 spiro atoms. The summed E-state index contributed by atoms with van der Waals surface area (Å²) >= 11 is 0. The average Bonchev–Trinajstić information content (AvgIpc) is 2.44. The molecule has 1 amide bonds. The molecule has 0 aromatic carbocycles. The van der Waals surface area contributed by atoms with Crippen molar-refractivity contribution in [1.82, 2.24) is 14.9 Å². The van der Waals surface area contributed by atoms with E-state index in [0.717, 1.165) is 5.75 Å². The number of amides is 1. The molecule has 2 aromatic rings. The Labute approximate surface area is 110 Å². The van der Waals surface area contributed by atoms with E-state index in [2.05, 4.69) is 9.97 Å². The second-order valence-corrected chi connectivity index (χ2v) is 4.35. The summed E-state index contributed by atoms with van der Waals surface area (Å²) in [5, 5.41) is 0. The fourth-order valence-corrected chi connectivity index (χ4v) is 1.94. The minimum absolute atomic E-state index is 0.0388. The Kier molecular flexibility index (Phi) is 3.10. The number of rotatable bonds is 3. The molecule has 3 rings (SSSR count). The summed E-state index contributed by atoms with van der Waals surface area (Å²) in [4.78, 5) is 21.8. The van der Waals surface area contributed by atoms with E-state index in [-0.39, 0.29) is 12.0 Å². The Morgan fingerprint density at radius 3 is 2.79 bits per heavy atom. The van der Waals surface area contributed by atoms with Gasteiger partial charge in [0.2, 0.25) is 0 Å². The molecule has 0 aliphatic carbocycles. The number of hydrogen-bond donors (Lipinski definition) is 0. The van der Waals surface area contributed by atoms with Crippen LogP contribution in [0.1, 0.15) is 10.5 Å². The zero-order valence-corrected chi connectivity index (χ0v) is 10.3. The lowest BCUT2D eigenvalue weighted by molar-refractivity contribution is 0.0172. The van der Waals surface area contributed by atoms with Crippen molar-refractivity contribution in [3.8, 4) is 5.75 Å². The normalized spacial score (nSPS) is 14.8. The van der Waals surface area contributed by atoms with Gasteiger partial charge in [0.15, 0.2) is 0 Å². The van der Waals surface area contributed by atoms with Gasteiger partial charge < -0.3 is 9.64 Å². The SMILES string of the molecule is O=C(c1ccccn1)N1CC(Oc2cccnc2)C1. The molecule has 96 valence electrons. The van der Waals surface area contributed by atoms with Crippen molar-refractivity contribution in [3.05, 3.63) is 54.6 Å². The first-order chi connectivity index (χ1) is 9.33. The van der Waals surface area contributed by atoms with Crippen molar-refractivity contribution in [2.24, 2.45) is 0 Å². The fraction of sp³-hybridized carbons (Fsp3) is 0.214. The first kappa shape index (κ1) is 11.6. The molecule has 0 atom stereocenters. The Morgan fingerprint density at radius 2 is 2.11 bits per heavy atom. The number of aromatic nitrogens is 2. The number of nitrogens with zero attached hydrogens (tertiary/aromatic N) is 3. The summed E-state index contributed by atoms with van der Waals surface area (Å²) in [7, 11) is 0. The van der Waals surface area contributed by atoms with Gasteiger partial charge in [-0.25, -0.2) is 0 Å². The van der Waals surface area contributed by atoms with E-state index in [1.54, 1.807) is 35.6 Å². The number of carbonyl (C=O) groups excluding carboxylic acids is 1. The Hall–Kier alpha value is -2.43. The molecule has 0 unspecified atom stereocenters. The van der Waals surface area contributed by atoms with Gasteiger partial charge in [-0.3, -0.25) is 14.8 Å². The van der Waals surface area contributed by atoms with Crippen LogP contribution in [0.15, 0.2) is 48.9 Å². The van der Waals surface area contributed by atoms with Crippen LogP contribution in [0.4, 0.5) is 0 Å². The molecule has 0 N–H and O–H groups in total. The summed E-state index contributed by atoms with van der Waals surface area (Å²) in [5.41, 5.74) is 0.474. The molecule has 0 radical (unpaired) electrons. The molecular formula is C14H13N3O2. The predicted octanol–water partition coefficient (Wildman–Crippen LogP) is 1.38. The maximum Gasteiger partial charge on any atom is 0.272 e. The van der Waals surface area contributed by atoms with Gasteiger partial charge in [-0.1, -0.05) is 6.07 Å². The molecule has 0 saturated carbocycles. The molecule has 1 fully saturated rings. The van der Waals surface area contributed by atoms with E-state index in [1.807, 2.05) is 18.2 Å². The molecule has 1 aliphatic heterocycles. The minimum Gasteiger partial charge on any atom is -0.485 e. The summed E-state index contributed by atoms with van der Waals surface area (Å²) in [6.07, 6.45) is 5.03. The molecular weight excluding hydrogens is 242 g/mol.